The molecule has 1 unspecified atom stereocenters. The fourth-order valence-corrected chi connectivity index (χ4v) is 3.38. The van der Waals surface area contributed by atoms with E-state index in [1.165, 1.54) is 44.2 Å². The average molecular weight is 295 g/mol. The smallest absolute Gasteiger partial charge is 0.0459 e. The van der Waals surface area contributed by atoms with Gasteiger partial charge in [0.25, 0.3) is 0 Å². The summed E-state index contributed by atoms with van der Waals surface area (Å²) >= 11 is 6.41. The molecule has 20 heavy (non-hydrogen) atoms. The first-order chi connectivity index (χ1) is 9.58. The number of hydrogen-bond acceptors (Lipinski definition) is 2. The Bertz CT molecular complexity index is 423. The van der Waals surface area contributed by atoms with Crippen molar-refractivity contribution in [3.05, 3.63) is 28.8 Å². The molecule has 0 aromatic heterocycles. The highest BCUT2D eigenvalue weighted by molar-refractivity contribution is 6.31. The van der Waals surface area contributed by atoms with Gasteiger partial charge in [0.05, 0.1) is 0 Å². The third-order valence-corrected chi connectivity index (χ3v) is 4.71. The molecule has 0 amide bonds. The Balaban J connectivity index is 2.09. The molecular formula is C17H27ClN2. The van der Waals surface area contributed by atoms with Crippen LogP contribution in [0.15, 0.2) is 18.2 Å². The highest BCUT2D eigenvalue weighted by Gasteiger charge is 2.18. The van der Waals surface area contributed by atoms with Crippen LogP contribution in [0.4, 0.5) is 5.69 Å². The number of halogens is 1. The van der Waals surface area contributed by atoms with Crippen LogP contribution in [-0.2, 0) is 6.42 Å². The summed E-state index contributed by atoms with van der Waals surface area (Å²) in [6.07, 6.45) is 8.92. The molecule has 2 N–H and O–H groups in total. The van der Waals surface area contributed by atoms with Crippen molar-refractivity contribution in [2.45, 2.75) is 64.0 Å². The molecule has 1 saturated carbocycles. The van der Waals surface area contributed by atoms with E-state index >= 15 is 0 Å². The third-order valence-electron chi connectivity index (χ3n) is 4.36. The van der Waals surface area contributed by atoms with Gasteiger partial charge in [-0.25, -0.2) is 0 Å². The molecule has 0 bridgehead atoms. The average Bonchev–Trinajstić information content (AvgIpc) is 2.68. The molecule has 2 rings (SSSR count). The van der Waals surface area contributed by atoms with Gasteiger partial charge < -0.3 is 10.6 Å². The normalized spacial score (nSPS) is 18.6. The Labute approximate surface area is 128 Å². The van der Waals surface area contributed by atoms with E-state index in [2.05, 4.69) is 30.1 Å². The lowest BCUT2D eigenvalue weighted by molar-refractivity contribution is 0.553. The summed E-state index contributed by atoms with van der Waals surface area (Å²) in [6.45, 7) is 2.02. The van der Waals surface area contributed by atoms with Crippen LogP contribution in [0, 0.1) is 0 Å². The molecule has 0 saturated heterocycles. The van der Waals surface area contributed by atoms with Crippen molar-refractivity contribution in [1.29, 1.82) is 0 Å². The highest BCUT2D eigenvalue weighted by atomic mass is 35.5. The topological polar surface area (TPSA) is 29.3 Å². The number of nitrogens with two attached hydrogens (primary N) is 1. The highest BCUT2D eigenvalue weighted by Crippen LogP contribution is 2.29. The van der Waals surface area contributed by atoms with Gasteiger partial charge in [0.1, 0.15) is 0 Å². The van der Waals surface area contributed by atoms with Crippen molar-refractivity contribution in [3.63, 3.8) is 0 Å². The van der Waals surface area contributed by atoms with Crippen LogP contribution in [0.2, 0.25) is 5.02 Å². The van der Waals surface area contributed by atoms with Crippen LogP contribution in [-0.4, -0.2) is 19.1 Å². The molecular weight excluding hydrogens is 268 g/mol. The number of hydrogen-bond donors (Lipinski definition) is 1. The minimum atomic E-state index is 0.151. The van der Waals surface area contributed by atoms with Crippen LogP contribution in [0.5, 0.6) is 0 Å². The molecule has 3 heteroatoms. The Kier molecular flexibility index (Phi) is 5.74. The summed E-state index contributed by atoms with van der Waals surface area (Å²) in [5, 5.41) is 0.847. The van der Waals surface area contributed by atoms with Gasteiger partial charge >= 0.3 is 0 Å². The Morgan fingerprint density at radius 3 is 2.45 bits per heavy atom. The Morgan fingerprint density at radius 1 is 1.25 bits per heavy atom. The number of anilines is 1. The summed E-state index contributed by atoms with van der Waals surface area (Å²) in [4.78, 5) is 2.41. The van der Waals surface area contributed by atoms with Crippen LogP contribution < -0.4 is 10.6 Å². The summed E-state index contributed by atoms with van der Waals surface area (Å²) in [6, 6.07) is 7.23. The summed E-state index contributed by atoms with van der Waals surface area (Å²) in [5.41, 5.74) is 8.24. The first-order valence-electron chi connectivity index (χ1n) is 7.85. The molecule has 112 valence electrons. The van der Waals surface area contributed by atoms with Crippen molar-refractivity contribution in [1.82, 2.24) is 0 Å². The van der Waals surface area contributed by atoms with Gasteiger partial charge in [-0.05, 0) is 43.9 Å². The molecule has 0 heterocycles. The SMILES string of the molecule is CC(N)Cc1ccc(N(C)C2CCCCCC2)cc1Cl. The van der Waals surface area contributed by atoms with E-state index in [4.69, 9.17) is 17.3 Å². The van der Waals surface area contributed by atoms with Crippen LogP contribution in [0.3, 0.4) is 0 Å². The second kappa shape index (κ2) is 7.33. The van der Waals surface area contributed by atoms with E-state index in [0.717, 1.165) is 17.0 Å². The maximum absolute atomic E-state index is 6.41. The molecule has 0 radical (unpaired) electrons. The van der Waals surface area contributed by atoms with Crippen molar-refractivity contribution in [2.24, 2.45) is 5.73 Å². The minimum absolute atomic E-state index is 0.151. The zero-order valence-corrected chi connectivity index (χ0v) is 13.5. The van der Waals surface area contributed by atoms with Crippen LogP contribution in [0.1, 0.15) is 51.0 Å². The molecule has 1 fully saturated rings. The van der Waals surface area contributed by atoms with E-state index in [0.29, 0.717) is 6.04 Å². The standard InChI is InChI=1S/C17H27ClN2/c1-13(19)11-14-9-10-16(12-17(14)18)20(2)15-7-5-3-4-6-8-15/h9-10,12-13,15H,3-8,11,19H2,1-2H3. The van der Waals surface area contributed by atoms with Gasteiger partial charge in [0.15, 0.2) is 0 Å². The van der Waals surface area contributed by atoms with Crippen molar-refractivity contribution in [2.75, 3.05) is 11.9 Å². The van der Waals surface area contributed by atoms with Crippen molar-refractivity contribution < 1.29 is 0 Å². The van der Waals surface area contributed by atoms with Gasteiger partial charge in [0, 0.05) is 29.8 Å². The second-order valence-electron chi connectivity index (χ2n) is 6.21. The molecule has 1 atom stereocenters. The lowest BCUT2D eigenvalue weighted by Crippen LogP contribution is -2.31. The Hall–Kier alpha value is -0.730. The quantitative estimate of drug-likeness (QED) is 0.835. The first kappa shape index (κ1) is 15.7. The van der Waals surface area contributed by atoms with Gasteiger partial charge in [-0.15, -0.1) is 0 Å². The third kappa shape index (κ3) is 4.13. The second-order valence-corrected chi connectivity index (χ2v) is 6.62. The van der Waals surface area contributed by atoms with Crippen molar-refractivity contribution >= 4 is 17.3 Å². The molecule has 0 aliphatic heterocycles. The number of rotatable bonds is 4. The first-order valence-corrected chi connectivity index (χ1v) is 8.22. The molecule has 1 aliphatic rings. The molecule has 1 aromatic rings. The molecule has 2 nitrogen and oxygen atoms in total. The monoisotopic (exact) mass is 294 g/mol. The van der Waals surface area contributed by atoms with E-state index in [1.807, 2.05) is 6.92 Å². The summed E-state index contributed by atoms with van der Waals surface area (Å²) in [7, 11) is 2.20. The molecule has 1 aliphatic carbocycles. The van der Waals surface area contributed by atoms with Crippen molar-refractivity contribution in [3.8, 4) is 0 Å². The van der Waals surface area contributed by atoms with E-state index in [1.54, 1.807) is 0 Å². The summed E-state index contributed by atoms with van der Waals surface area (Å²) in [5.74, 6) is 0. The van der Waals surface area contributed by atoms with E-state index < -0.39 is 0 Å². The predicted octanol–water partition coefficient (Wildman–Crippen LogP) is 4.39. The lowest BCUT2D eigenvalue weighted by atomic mass is 10.0. The molecule has 0 spiro atoms. The van der Waals surface area contributed by atoms with E-state index in [9.17, 15) is 0 Å². The fourth-order valence-electron chi connectivity index (χ4n) is 3.12. The minimum Gasteiger partial charge on any atom is -0.372 e. The molecule has 1 aromatic carbocycles. The lowest BCUT2D eigenvalue weighted by Gasteiger charge is -2.29. The van der Waals surface area contributed by atoms with Gasteiger partial charge in [0.2, 0.25) is 0 Å². The zero-order chi connectivity index (χ0) is 14.5. The zero-order valence-electron chi connectivity index (χ0n) is 12.7. The summed E-state index contributed by atoms with van der Waals surface area (Å²) < 4.78 is 0. The van der Waals surface area contributed by atoms with Crippen LogP contribution in [0.25, 0.3) is 0 Å². The predicted molar refractivity (Wildman–Crippen MR) is 88.7 cm³/mol. The fraction of sp³-hybridized carbons (Fsp3) is 0.647. The van der Waals surface area contributed by atoms with Gasteiger partial charge in [-0.1, -0.05) is 43.4 Å². The maximum Gasteiger partial charge on any atom is 0.0459 e. The maximum atomic E-state index is 6.41. The van der Waals surface area contributed by atoms with E-state index in [-0.39, 0.29) is 6.04 Å². The number of nitrogens with zero attached hydrogens (tertiary/aromatic N) is 1. The van der Waals surface area contributed by atoms with Crippen LogP contribution >= 0.6 is 11.6 Å². The number of benzene rings is 1. The Morgan fingerprint density at radius 2 is 1.90 bits per heavy atom. The largest absolute Gasteiger partial charge is 0.372 e. The van der Waals surface area contributed by atoms with Gasteiger partial charge in [-0.3, -0.25) is 0 Å². The van der Waals surface area contributed by atoms with Gasteiger partial charge in [-0.2, -0.15) is 0 Å².